The summed E-state index contributed by atoms with van der Waals surface area (Å²) in [5.74, 6) is 1.47. The van der Waals surface area contributed by atoms with Crippen LogP contribution in [0.15, 0.2) is 231 Å². The summed E-state index contributed by atoms with van der Waals surface area (Å²) in [5, 5.41) is 7.66. The third kappa shape index (κ3) is 6.19. The summed E-state index contributed by atoms with van der Waals surface area (Å²) >= 11 is 0. The van der Waals surface area contributed by atoms with Gasteiger partial charge in [-0.1, -0.05) is 194 Å². The van der Waals surface area contributed by atoms with Crippen molar-refractivity contribution in [1.29, 1.82) is 0 Å². The van der Waals surface area contributed by atoms with Crippen LogP contribution in [0.5, 0.6) is 0 Å². The van der Waals surface area contributed by atoms with Crippen LogP contribution in [0.25, 0.3) is 100 Å². The number of aromatic nitrogens is 4. The van der Waals surface area contributed by atoms with Crippen LogP contribution in [0.3, 0.4) is 0 Å². The molecule has 0 saturated carbocycles. The Morgan fingerprint density at radius 2 is 0.667 bits per heavy atom. The summed E-state index contributed by atoms with van der Waals surface area (Å²) in [6.45, 7) is 0. The zero-order valence-electron chi connectivity index (χ0n) is 32.7. The van der Waals surface area contributed by atoms with E-state index in [1.165, 1.54) is 44.1 Å². The van der Waals surface area contributed by atoms with Crippen LogP contribution in [0.4, 0.5) is 0 Å². The molecule has 4 heteroatoms. The van der Waals surface area contributed by atoms with Crippen LogP contribution in [-0.2, 0) is 0 Å². The van der Waals surface area contributed by atoms with Gasteiger partial charge in [-0.3, -0.25) is 0 Å². The number of para-hydroxylation sites is 2. The van der Waals surface area contributed by atoms with Gasteiger partial charge in [0.05, 0.1) is 16.7 Å². The molecule has 0 aliphatic rings. The van der Waals surface area contributed by atoms with Gasteiger partial charge in [-0.25, -0.2) is 9.67 Å². The molecule has 0 N–H and O–H groups in total. The Morgan fingerprint density at radius 1 is 0.283 bits per heavy atom. The molecule has 0 unspecified atom stereocenters. The van der Waals surface area contributed by atoms with Gasteiger partial charge in [-0.15, -0.1) is 5.10 Å². The highest BCUT2D eigenvalue weighted by Gasteiger charge is 2.20. The molecule has 60 heavy (non-hydrogen) atoms. The standard InChI is InChI=1S/C56H38N4/c1-3-17-39(18-4-1)47-23-9-12-28-52(47)56-57-55(42-19-5-2-6-20-42)58-60(56)44-37-33-41(34-38-44)46-22-8-11-25-49(46)48-24-10-7-21-45(48)40-31-35-43(36-32-40)59-53-29-15-13-26-50(53)51-27-14-16-30-54(51)59/h1-38H. The number of rotatable bonds is 8. The number of fused-ring (bicyclic) bond motifs is 3. The molecule has 4 nitrogen and oxygen atoms in total. The molecular weight excluding hydrogens is 729 g/mol. The first-order valence-electron chi connectivity index (χ1n) is 20.3. The topological polar surface area (TPSA) is 35.6 Å². The Hall–Kier alpha value is -8.08. The fraction of sp³-hybridized carbons (Fsp3) is 0. The Morgan fingerprint density at radius 3 is 1.20 bits per heavy atom. The lowest BCUT2D eigenvalue weighted by Gasteiger charge is -2.16. The van der Waals surface area contributed by atoms with E-state index in [0.29, 0.717) is 5.82 Å². The Kier molecular flexibility index (Phi) is 8.79. The predicted molar refractivity (Wildman–Crippen MR) is 248 cm³/mol. The van der Waals surface area contributed by atoms with E-state index < -0.39 is 0 Å². The van der Waals surface area contributed by atoms with Gasteiger partial charge in [0.1, 0.15) is 0 Å². The Labute approximate surface area is 348 Å². The third-order valence-electron chi connectivity index (χ3n) is 11.5. The molecule has 2 aromatic heterocycles. The van der Waals surface area contributed by atoms with Crippen molar-refractivity contribution < 1.29 is 0 Å². The average Bonchev–Trinajstić information content (AvgIpc) is 3.93. The van der Waals surface area contributed by atoms with Gasteiger partial charge in [0.25, 0.3) is 0 Å². The van der Waals surface area contributed by atoms with Crippen LogP contribution < -0.4 is 0 Å². The molecule has 0 fully saturated rings. The Bertz CT molecular complexity index is 3230. The Balaban J connectivity index is 0.968. The van der Waals surface area contributed by atoms with Gasteiger partial charge in [0, 0.05) is 27.6 Å². The monoisotopic (exact) mass is 766 g/mol. The van der Waals surface area contributed by atoms with Crippen molar-refractivity contribution >= 4 is 21.8 Å². The summed E-state index contributed by atoms with van der Waals surface area (Å²) in [7, 11) is 0. The van der Waals surface area contributed by atoms with E-state index in [-0.39, 0.29) is 0 Å². The van der Waals surface area contributed by atoms with E-state index in [4.69, 9.17) is 10.1 Å². The summed E-state index contributed by atoms with van der Waals surface area (Å²) in [6.07, 6.45) is 0. The van der Waals surface area contributed by atoms with Crippen molar-refractivity contribution in [3.05, 3.63) is 231 Å². The maximum atomic E-state index is 5.18. The normalized spacial score (nSPS) is 11.3. The summed E-state index contributed by atoms with van der Waals surface area (Å²) in [4.78, 5) is 5.18. The number of hydrogen-bond donors (Lipinski definition) is 0. The quantitative estimate of drug-likeness (QED) is 0.154. The minimum atomic E-state index is 0.683. The van der Waals surface area contributed by atoms with Gasteiger partial charge < -0.3 is 4.57 Å². The average molecular weight is 767 g/mol. The number of hydrogen-bond acceptors (Lipinski definition) is 2. The lowest BCUT2D eigenvalue weighted by molar-refractivity contribution is 0.891. The minimum Gasteiger partial charge on any atom is -0.309 e. The van der Waals surface area contributed by atoms with Crippen LogP contribution in [-0.4, -0.2) is 19.3 Å². The molecule has 0 atom stereocenters. The zero-order chi connectivity index (χ0) is 39.8. The van der Waals surface area contributed by atoms with E-state index in [0.717, 1.165) is 50.6 Å². The molecule has 9 aromatic carbocycles. The maximum Gasteiger partial charge on any atom is 0.182 e. The van der Waals surface area contributed by atoms with Crippen molar-refractivity contribution in [1.82, 2.24) is 19.3 Å². The highest BCUT2D eigenvalue weighted by atomic mass is 15.4. The molecular formula is C56H38N4. The molecule has 0 aliphatic carbocycles. The van der Waals surface area contributed by atoms with Crippen molar-refractivity contribution in [2.45, 2.75) is 0 Å². The smallest absolute Gasteiger partial charge is 0.182 e. The minimum absolute atomic E-state index is 0.683. The van der Waals surface area contributed by atoms with Crippen LogP contribution in [0.1, 0.15) is 0 Å². The second-order valence-corrected chi connectivity index (χ2v) is 15.0. The summed E-state index contributed by atoms with van der Waals surface area (Å²) in [5.41, 5.74) is 15.7. The van der Waals surface area contributed by atoms with E-state index in [1.807, 2.05) is 28.9 Å². The van der Waals surface area contributed by atoms with Crippen LogP contribution in [0.2, 0.25) is 0 Å². The van der Waals surface area contributed by atoms with E-state index in [9.17, 15) is 0 Å². The highest BCUT2D eigenvalue weighted by molar-refractivity contribution is 6.09. The van der Waals surface area contributed by atoms with Gasteiger partial charge in [0.15, 0.2) is 11.6 Å². The second kappa shape index (κ2) is 15.0. The molecule has 0 saturated heterocycles. The number of benzene rings is 9. The molecule has 11 aromatic rings. The fourth-order valence-electron chi connectivity index (χ4n) is 8.64. The lowest BCUT2D eigenvalue weighted by Crippen LogP contribution is -2.01. The van der Waals surface area contributed by atoms with Gasteiger partial charge in [-0.05, 0) is 80.9 Å². The predicted octanol–water partition coefficient (Wildman–Crippen LogP) is 14.4. The molecule has 11 rings (SSSR count). The molecule has 0 aliphatic heterocycles. The zero-order valence-corrected chi connectivity index (χ0v) is 32.7. The molecule has 0 bridgehead atoms. The van der Waals surface area contributed by atoms with Crippen molar-refractivity contribution in [3.8, 4) is 78.7 Å². The second-order valence-electron chi connectivity index (χ2n) is 15.0. The first-order valence-corrected chi connectivity index (χ1v) is 20.3. The maximum absolute atomic E-state index is 5.18. The van der Waals surface area contributed by atoms with Crippen LogP contribution in [0, 0.1) is 0 Å². The largest absolute Gasteiger partial charge is 0.309 e. The fourth-order valence-corrected chi connectivity index (χ4v) is 8.64. The van der Waals surface area contributed by atoms with Crippen molar-refractivity contribution in [2.24, 2.45) is 0 Å². The van der Waals surface area contributed by atoms with Gasteiger partial charge >= 0.3 is 0 Å². The van der Waals surface area contributed by atoms with E-state index in [2.05, 4.69) is 211 Å². The van der Waals surface area contributed by atoms with Crippen LogP contribution >= 0.6 is 0 Å². The molecule has 282 valence electrons. The molecule has 0 radical (unpaired) electrons. The van der Waals surface area contributed by atoms with Crippen molar-refractivity contribution in [2.75, 3.05) is 0 Å². The molecule has 0 spiro atoms. The SMILES string of the molecule is c1ccc(-c2nc(-c3ccccc3-c3ccccc3)n(-c3ccc(-c4ccccc4-c4ccccc4-c4ccc(-n5c6ccccc6c6ccccc65)cc4)cc3)n2)cc1. The molecule has 2 heterocycles. The van der Waals surface area contributed by atoms with Gasteiger partial charge in [-0.2, -0.15) is 0 Å². The molecule has 0 amide bonds. The number of nitrogens with zero attached hydrogens (tertiary/aromatic N) is 4. The lowest BCUT2D eigenvalue weighted by atomic mass is 9.89. The van der Waals surface area contributed by atoms with Crippen molar-refractivity contribution in [3.63, 3.8) is 0 Å². The highest BCUT2D eigenvalue weighted by Crippen LogP contribution is 2.40. The first-order chi connectivity index (χ1) is 29.8. The summed E-state index contributed by atoms with van der Waals surface area (Å²) in [6, 6.07) is 81.6. The van der Waals surface area contributed by atoms with E-state index in [1.54, 1.807) is 0 Å². The summed E-state index contributed by atoms with van der Waals surface area (Å²) < 4.78 is 4.35. The third-order valence-corrected chi connectivity index (χ3v) is 11.5. The first kappa shape index (κ1) is 35.1. The van der Waals surface area contributed by atoms with E-state index >= 15 is 0 Å². The van der Waals surface area contributed by atoms with Gasteiger partial charge in [0.2, 0.25) is 0 Å².